The third-order valence-corrected chi connectivity index (χ3v) is 4.88. The molecule has 5 nitrogen and oxygen atoms in total. The zero-order valence-electron chi connectivity index (χ0n) is 12.3. The van der Waals surface area contributed by atoms with Crippen molar-refractivity contribution in [3.63, 3.8) is 0 Å². The maximum Gasteiger partial charge on any atom is 0.335 e. The lowest BCUT2D eigenvalue weighted by Gasteiger charge is -2.12. The average Bonchev–Trinajstić information content (AvgIpc) is 2.97. The van der Waals surface area contributed by atoms with Crippen LogP contribution in [0.15, 0.2) is 29.4 Å². The molecule has 114 valence electrons. The van der Waals surface area contributed by atoms with Crippen molar-refractivity contribution in [2.75, 3.05) is 5.43 Å². The molecular formula is C16H17N3O2S. The Balaban J connectivity index is 1.79. The van der Waals surface area contributed by atoms with E-state index in [0.717, 1.165) is 47.8 Å². The second-order valence-corrected chi connectivity index (χ2v) is 6.23. The number of aromatic carboxylic acids is 1. The van der Waals surface area contributed by atoms with Gasteiger partial charge in [0.25, 0.3) is 0 Å². The maximum absolute atomic E-state index is 10.8. The summed E-state index contributed by atoms with van der Waals surface area (Å²) in [5.74, 6) is -0.924. The number of hydrogen-bond donors (Lipinski definition) is 2. The molecule has 0 unspecified atom stereocenters. The molecule has 6 heteroatoms. The summed E-state index contributed by atoms with van der Waals surface area (Å²) in [6.07, 6.45) is 3.99. The highest BCUT2D eigenvalue weighted by Gasteiger charge is 2.20. The SMILES string of the molecule is CCc1nc2c(s1)C(=NNc1ccc(C(=O)O)cc1)CCC2. The minimum absolute atomic E-state index is 0.271. The van der Waals surface area contributed by atoms with Gasteiger partial charge in [-0.2, -0.15) is 5.10 Å². The number of nitrogens with zero attached hydrogens (tertiary/aromatic N) is 2. The van der Waals surface area contributed by atoms with Crippen LogP contribution in [0.4, 0.5) is 5.69 Å². The molecule has 2 aromatic rings. The number of carboxylic acids is 1. The van der Waals surface area contributed by atoms with Crippen molar-refractivity contribution in [2.24, 2.45) is 5.10 Å². The van der Waals surface area contributed by atoms with Gasteiger partial charge in [0.1, 0.15) is 0 Å². The van der Waals surface area contributed by atoms with Crippen molar-refractivity contribution in [1.82, 2.24) is 4.98 Å². The second kappa shape index (κ2) is 6.27. The molecule has 3 rings (SSSR count). The van der Waals surface area contributed by atoms with E-state index in [1.165, 1.54) is 4.88 Å². The molecule has 0 atom stereocenters. The monoisotopic (exact) mass is 315 g/mol. The summed E-state index contributed by atoms with van der Waals surface area (Å²) < 4.78 is 0. The minimum atomic E-state index is -0.924. The Morgan fingerprint density at radius 1 is 1.36 bits per heavy atom. The summed E-state index contributed by atoms with van der Waals surface area (Å²) in [7, 11) is 0. The lowest BCUT2D eigenvalue weighted by Crippen LogP contribution is -2.11. The Morgan fingerprint density at radius 2 is 2.14 bits per heavy atom. The standard InChI is InChI=1S/C16H17N3O2S/c1-2-14-17-12-4-3-5-13(15(12)22-14)19-18-11-8-6-10(7-9-11)16(20)21/h6-9,18H,2-5H2,1H3,(H,20,21). The van der Waals surface area contributed by atoms with Crippen molar-refractivity contribution in [3.8, 4) is 0 Å². The van der Waals surface area contributed by atoms with Gasteiger partial charge in [-0.1, -0.05) is 6.92 Å². The van der Waals surface area contributed by atoms with Gasteiger partial charge in [-0.05, 0) is 49.9 Å². The molecule has 0 spiro atoms. The number of thiazole rings is 1. The number of carboxylic acid groups (broad SMARTS) is 1. The minimum Gasteiger partial charge on any atom is -0.478 e. The van der Waals surface area contributed by atoms with Gasteiger partial charge in [0.2, 0.25) is 0 Å². The number of anilines is 1. The molecular weight excluding hydrogens is 298 g/mol. The largest absolute Gasteiger partial charge is 0.478 e. The fourth-order valence-corrected chi connectivity index (χ4v) is 3.48. The van der Waals surface area contributed by atoms with Crippen LogP contribution in [0.1, 0.15) is 45.7 Å². The van der Waals surface area contributed by atoms with E-state index in [0.29, 0.717) is 0 Å². The van der Waals surface area contributed by atoms with Crippen LogP contribution in [-0.4, -0.2) is 21.8 Å². The van der Waals surface area contributed by atoms with Gasteiger partial charge in [0.15, 0.2) is 0 Å². The molecule has 0 amide bonds. The highest BCUT2D eigenvalue weighted by molar-refractivity contribution is 7.14. The van der Waals surface area contributed by atoms with Gasteiger partial charge in [-0.25, -0.2) is 9.78 Å². The fourth-order valence-electron chi connectivity index (χ4n) is 2.41. The highest BCUT2D eigenvalue weighted by atomic mass is 32.1. The molecule has 1 aliphatic rings. The molecule has 1 aliphatic carbocycles. The topological polar surface area (TPSA) is 74.6 Å². The van der Waals surface area contributed by atoms with Gasteiger partial charge in [-0.3, -0.25) is 5.43 Å². The Morgan fingerprint density at radius 3 is 2.82 bits per heavy atom. The van der Waals surface area contributed by atoms with E-state index >= 15 is 0 Å². The van der Waals surface area contributed by atoms with Crippen LogP contribution < -0.4 is 5.43 Å². The number of hydrogen-bond acceptors (Lipinski definition) is 5. The first kappa shape index (κ1) is 14.7. The Labute approximate surface area is 132 Å². The van der Waals surface area contributed by atoms with Gasteiger partial charge in [0.05, 0.1) is 32.5 Å². The van der Waals surface area contributed by atoms with Gasteiger partial charge in [0, 0.05) is 0 Å². The predicted molar refractivity (Wildman–Crippen MR) is 88.0 cm³/mol. The first-order chi connectivity index (χ1) is 10.7. The van der Waals surface area contributed by atoms with Crippen molar-refractivity contribution < 1.29 is 9.90 Å². The van der Waals surface area contributed by atoms with Crippen molar-refractivity contribution in [1.29, 1.82) is 0 Å². The summed E-state index contributed by atoms with van der Waals surface area (Å²) in [5.41, 5.74) is 6.28. The molecule has 0 fully saturated rings. The van der Waals surface area contributed by atoms with E-state index in [1.807, 2.05) is 0 Å². The summed E-state index contributed by atoms with van der Waals surface area (Å²) in [5, 5.41) is 14.6. The van der Waals surface area contributed by atoms with Gasteiger partial charge < -0.3 is 5.11 Å². The summed E-state index contributed by atoms with van der Waals surface area (Å²) in [4.78, 5) is 16.7. The van der Waals surface area contributed by atoms with E-state index in [4.69, 9.17) is 5.11 Å². The third-order valence-electron chi connectivity index (χ3n) is 3.59. The normalized spacial score (nSPS) is 15.6. The molecule has 0 bridgehead atoms. The van der Waals surface area contributed by atoms with Crippen molar-refractivity contribution in [3.05, 3.63) is 45.4 Å². The molecule has 1 aromatic carbocycles. The summed E-state index contributed by atoms with van der Waals surface area (Å²) in [6, 6.07) is 6.58. The number of carbonyl (C=O) groups is 1. The molecule has 0 aliphatic heterocycles. The number of benzene rings is 1. The lowest BCUT2D eigenvalue weighted by atomic mass is 10.0. The highest BCUT2D eigenvalue weighted by Crippen LogP contribution is 2.27. The first-order valence-corrected chi connectivity index (χ1v) is 8.14. The van der Waals surface area contributed by atoms with Crippen LogP contribution in [0.2, 0.25) is 0 Å². The van der Waals surface area contributed by atoms with E-state index in [2.05, 4.69) is 22.4 Å². The molecule has 1 heterocycles. The van der Waals surface area contributed by atoms with Crippen LogP contribution in [0.25, 0.3) is 0 Å². The quantitative estimate of drug-likeness (QED) is 0.846. The Bertz CT molecular complexity index is 719. The summed E-state index contributed by atoms with van der Waals surface area (Å²) in [6.45, 7) is 2.11. The first-order valence-electron chi connectivity index (χ1n) is 7.32. The molecule has 22 heavy (non-hydrogen) atoms. The summed E-state index contributed by atoms with van der Waals surface area (Å²) >= 11 is 1.73. The van der Waals surface area contributed by atoms with Crippen LogP contribution in [0.3, 0.4) is 0 Å². The fraction of sp³-hybridized carbons (Fsp3) is 0.312. The number of fused-ring (bicyclic) bond motifs is 1. The molecule has 0 saturated heterocycles. The third kappa shape index (κ3) is 3.01. The maximum atomic E-state index is 10.8. The van der Waals surface area contributed by atoms with E-state index < -0.39 is 5.97 Å². The van der Waals surface area contributed by atoms with Crippen LogP contribution >= 0.6 is 11.3 Å². The van der Waals surface area contributed by atoms with Crippen molar-refractivity contribution >= 4 is 28.7 Å². The van der Waals surface area contributed by atoms with E-state index in [-0.39, 0.29) is 5.56 Å². The number of aromatic nitrogens is 1. The van der Waals surface area contributed by atoms with E-state index in [9.17, 15) is 4.79 Å². The van der Waals surface area contributed by atoms with E-state index in [1.54, 1.807) is 35.6 Å². The number of hydrazone groups is 1. The van der Waals surface area contributed by atoms with Gasteiger partial charge >= 0.3 is 5.97 Å². The number of aryl methyl sites for hydroxylation is 2. The molecule has 0 radical (unpaired) electrons. The zero-order valence-corrected chi connectivity index (χ0v) is 13.1. The molecule has 2 N–H and O–H groups in total. The van der Waals surface area contributed by atoms with Crippen LogP contribution in [-0.2, 0) is 12.8 Å². The lowest BCUT2D eigenvalue weighted by molar-refractivity contribution is 0.0697. The Hall–Kier alpha value is -2.21. The second-order valence-electron chi connectivity index (χ2n) is 5.14. The number of rotatable bonds is 4. The molecule has 1 aromatic heterocycles. The van der Waals surface area contributed by atoms with Gasteiger partial charge in [-0.15, -0.1) is 11.3 Å². The average molecular weight is 315 g/mol. The van der Waals surface area contributed by atoms with Crippen LogP contribution in [0.5, 0.6) is 0 Å². The molecule has 0 saturated carbocycles. The van der Waals surface area contributed by atoms with Crippen LogP contribution in [0, 0.1) is 0 Å². The zero-order chi connectivity index (χ0) is 15.5. The van der Waals surface area contributed by atoms with Crippen molar-refractivity contribution in [2.45, 2.75) is 32.6 Å². The Kier molecular flexibility index (Phi) is 4.20. The smallest absolute Gasteiger partial charge is 0.335 e. The predicted octanol–water partition coefficient (Wildman–Crippen LogP) is 3.56. The number of nitrogens with one attached hydrogen (secondary N) is 1.